The van der Waals surface area contributed by atoms with Crippen LogP contribution < -0.4 is 4.83 Å². The third-order valence-electron chi connectivity index (χ3n) is 2.11. The van der Waals surface area contributed by atoms with E-state index in [0.717, 1.165) is 12.1 Å². The van der Waals surface area contributed by atoms with Gasteiger partial charge in [0.15, 0.2) is 0 Å². The van der Waals surface area contributed by atoms with Gasteiger partial charge in [0.25, 0.3) is 10.0 Å². The highest BCUT2D eigenvalue weighted by Crippen LogP contribution is 2.07. The average Bonchev–Trinajstić information content (AvgIpc) is 2.27. The maximum atomic E-state index is 11.8. The topological polar surface area (TPSA) is 58.5 Å². The van der Waals surface area contributed by atoms with Gasteiger partial charge in [0.05, 0.1) is 4.90 Å². The number of hydrogen-bond acceptors (Lipinski definition) is 3. The van der Waals surface area contributed by atoms with Crippen LogP contribution >= 0.6 is 0 Å². The second-order valence-corrected chi connectivity index (χ2v) is 6.01. The zero-order valence-electron chi connectivity index (χ0n) is 10.3. The van der Waals surface area contributed by atoms with Crippen molar-refractivity contribution in [3.63, 3.8) is 0 Å². The molecule has 0 unspecified atom stereocenters. The van der Waals surface area contributed by atoms with Gasteiger partial charge in [0, 0.05) is 5.71 Å². The summed E-state index contributed by atoms with van der Waals surface area (Å²) in [6.45, 7) is 5.93. The van der Waals surface area contributed by atoms with Crippen LogP contribution in [0.25, 0.3) is 0 Å². The smallest absolute Gasteiger partial charge is 0.200 e. The molecule has 0 amide bonds. The zero-order valence-corrected chi connectivity index (χ0v) is 11.2. The zero-order chi connectivity index (χ0) is 12.9. The number of benzene rings is 1. The fourth-order valence-electron chi connectivity index (χ4n) is 1.43. The van der Waals surface area contributed by atoms with E-state index in [4.69, 9.17) is 0 Å². The van der Waals surface area contributed by atoms with Crippen molar-refractivity contribution in [2.24, 2.45) is 11.0 Å². The lowest BCUT2D eigenvalue weighted by Crippen LogP contribution is -2.20. The summed E-state index contributed by atoms with van der Waals surface area (Å²) in [5.74, 6) is 0.458. The molecule has 0 aliphatic carbocycles. The highest BCUT2D eigenvalue weighted by Gasteiger charge is 2.11. The van der Waals surface area contributed by atoms with Crippen molar-refractivity contribution in [2.45, 2.75) is 32.1 Å². The molecule has 1 aromatic rings. The molecule has 0 saturated carbocycles. The third-order valence-corrected chi connectivity index (χ3v) is 3.34. The van der Waals surface area contributed by atoms with E-state index in [9.17, 15) is 8.42 Å². The molecule has 0 aliphatic heterocycles. The highest BCUT2D eigenvalue weighted by atomic mass is 32.2. The van der Waals surface area contributed by atoms with Crippen molar-refractivity contribution in [2.75, 3.05) is 0 Å². The van der Waals surface area contributed by atoms with Gasteiger partial charge in [0.2, 0.25) is 0 Å². The van der Waals surface area contributed by atoms with E-state index in [2.05, 4.69) is 23.8 Å². The van der Waals surface area contributed by atoms with Crippen LogP contribution in [0.1, 0.15) is 27.2 Å². The summed E-state index contributed by atoms with van der Waals surface area (Å²) in [6, 6.07) is 8.20. The van der Waals surface area contributed by atoms with E-state index in [1.807, 2.05) is 6.92 Å². The Hall–Kier alpha value is -1.36. The third kappa shape index (κ3) is 4.56. The molecule has 0 heterocycles. The van der Waals surface area contributed by atoms with Gasteiger partial charge in [-0.1, -0.05) is 32.0 Å². The summed E-state index contributed by atoms with van der Waals surface area (Å²) in [5.41, 5.74) is 0.777. The highest BCUT2D eigenvalue weighted by molar-refractivity contribution is 7.89. The molecule has 0 aliphatic rings. The van der Waals surface area contributed by atoms with Crippen molar-refractivity contribution < 1.29 is 8.42 Å². The second-order valence-electron chi connectivity index (χ2n) is 4.35. The van der Waals surface area contributed by atoms with Gasteiger partial charge >= 0.3 is 0 Å². The van der Waals surface area contributed by atoms with Crippen LogP contribution in [0.2, 0.25) is 0 Å². The van der Waals surface area contributed by atoms with Crippen LogP contribution in [0.3, 0.4) is 0 Å². The first-order chi connectivity index (χ1) is 7.92. The van der Waals surface area contributed by atoms with Gasteiger partial charge in [-0.2, -0.15) is 13.5 Å². The Labute approximate surface area is 103 Å². The lowest BCUT2D eigenvalue weighted by molar-refractivity contribution is 0.583. The molecule has 0 fully saturated rings. The molecule has 4 nitrogen and oxygen atoms in total. The molecule has 0 radical (unpaired) electrons. The molecule has 0 aromatic heterocycles. The Bertz CT molecular complexity index is 478. The normalized spacial score (nSPS) is 12.8. The maximum absolute atomic E-state index is 11.8. The standard InChI is InChI=1S/C12H18N2O2S/c1-10(2)9-11(3)13-14-17(15,16)12-7-5-4-6-8-12/h4-8,10,14H,9H2,1-3H3/b13-11+. The summed E-state index contributed by atoms with van der Waals surface area (Å²) in [5, 5.41) is 3.89. The number of nitrogens with zero attached hydrogens (tertiary/aromatic N) is 1. The van der Waals surface area contributed by atoms with Gasteiger partial charge in [-0.05, 0) is 31.4 Å². The largest absolute Gasteiger partial charge is 0.276 e. The molecular formula is C12H18N2O2S. The van der Waals surface area contributed by atoms with Crippen molar-refractivity contribution in [1.82, 2.24) is 4.83 Å². The summed E-state index contributed by atoms with van der Waals surface area (Å²) in [4.78, 5) is 2.46. The van der Waals surface area contributed by atoms with E-state index < -0.39 is 10.0 Å². The van der Waals surface area contributed by atoms with Crippen molar-refractivity contribution in [1.29, 1.82) is 0 Å². The predicted molar refractivity (Wildman–Crippen MR) is 69.3 cm³/mol. The first kappa shape index (κ1) is 13.7. The van der Waals surface area contributed by atoms with Crippen LogP contribution in [-0.4, -0.2) is 14.1 Å². The average molecular weight is 254 g/mol. The minimum absolute atomic E-state index is 0.223. The first-order valence-electron chi connectivity index (χ1n) is 5.52. The molecular weight excluding hydrogens is 236 g/mol. The van der Waals surface area contributed by atoms with Gasteiger partial charge in [-0.15, -0.1) is 0 Å². The maximum Gasteiger partial charge on any atom is 0.276 e. The van der Waals surface area contributed by atoms with Crippen molar-refractivity contribution in [3.8, 4) is 0 Å². The number of hydrazone groups is 1. The molecule has 1 aromatic carbocycles. The summed E-state index contributed by atoms with van der Waals surface area (Å²) < 4.78 is 23.6. The summed E-state index contributed by atoms with van der Waals surface area (Å²) in [7, 11) is -3.53. The van der Waals surface area contributed by atoms with E-state index in [1.54, 1.807) is 18.2 Å². The SMILES string of the molecule is C/C(CC(C)C)=N\NS(=O)(=O)c1ccccc1. The second kappa shape index (κ2) is 5.82. The molecule has 1 rings (SSSR count). The fourth-order valence-corrected chi connectivity index (χ4v) is 2.32. The number of nitrogens with one attached hydrogen (secondary N) is 1. The van der Waals surface area contributed by atoms with Gasteiger partial charge in [-0.3, -0.25) is 0 Å². The molecule has 0 spiro atoms. The minimum atomic E-state index is -3.53. The summed E-state index contributed by atoms with van der Waals surface area (Å²) in [6.07, 6.45) is 0.775. The van der Waals surface area contributed by atoms with Gasteiger partial charge in [-0.25, -0.2) is 4.83 Å². The first-order valence-corrected chi connectivity index (χ1v) is 7.00. The van der Waals surface area contributed by atoms with Crippen LogP contribution in [0, 0.1) is 5.92 Å². The number of hydrogen-bond donors (Lipinski definition) is 1. The quantitative estimate of drug-likeness (QED) is 0.648. The lowest BCUT2D eigenvalue weighted by Gasteiger charge is -2.06. The van der Waals surface area contributed by atoms with Crippen LogP contribution in [-0.2, 0) is 10.0 Å². The molecule has 94 valence electrons. The van der Waals surface area contributed by atoms with Gasteiger partial charge in [0.1, 0.15) is 0 Å². The van der Waals surface area contributed by atoms with Crippen molar-refractivity contribution >= 4 is 15.7 Å². The molecule has 17 heavy (non-hydrogen) atoms. The number of rotatable bonds is 5. The Morgan fingerprint density at radius 3 is 2.41 bits per heavy atom. The fraction of sp³-hybridized carbons (Fsp3) is 0.417. The Kier molecular flexibility index (Phi) is 4.69. The molecule has 0 bridgehead atoms. The van der Waals surface area contributed by atoms with E-state index >= 15 is 0 Å². The molecule has 5 heteroatoms. The van der Waals surface area contributed by atoms with Crippen LogP contribution in [0.4, 0.5) is 0 Å². The van der Waals surface area contributed by atoms with Crippen LogP contribution in [0.15, 0.2) is 40.3 Å². The van der Waals surface area contributed by atoms with Crippen LogP contribution in [0.5, 0.6) is 0 Å². The predicted octanol–water partition coefficient (Wildman–Crippen LogP) is 2.39. The van der Waals surface area contributed by atoms with Crippen molar-refractivity contribution in [3.05, 3.63) is 30.3 Å². The monoisotopic (exact) mass is 254 g/mol. The van der Waals surface area contributed by atoms with E-state index in [0.29, 0.717) is 5.92 Å². The molecule has 0 saturated heterocycles. The number of sulfonamides is 1. The van der Waals surface area contributed by atoms with E-state index in [-0.39, 0.29) is 4.90 Å². The molecule has 0 atom stereocenters. The Morgan fingerprint density at radius 2 is 1.88 bits per heavy atom. The van der Waals surface area contributed by atoms with Gasteiger partial charge < -0.3 is 0 Å². The Balaban J connectivity index is 2.75. The lowest BCUT2D eigenvalue weighted by atomic mass is 10.1. The summed E-state index contributed by atoms with van der Waals surface area (Å²) >= 11 is 0. The molecule has 1 N–H and O–H groups in total. The minimum Gasteiger partial charge on any atom is -0.200 e. The van der Waals surface area contributed by atoms with E-state index in [1.165, 1.54) is 12.1 Å². The Morgan fingerprint density at radius 1 is 1.29 bits per heavy atom.